The van der Waals surface area contributed by atoms with Crippen molar-refractivity contribution >= 4 is 23.2 Å². The average molecular weight is 306 g/mol. The molecule has 0 spiro atoms. The maximum Gasteiger partial charge on any atom is 0.358 e. The van der Waals surface area contributed by atoms with Gasteiger partial charge in [-0.2, -0.15) is 0 Å². The molecule has 0 fully saturated rings. The van der Waals surface area contributed by atoms with E-state index in [1.807, 2.05) is 23.6 Å². The Balaban J connectivity index is 1.96. The van der Waals surface area contributed by atoms with E-state index in [-0.39, 0.29) is 5.69 Å². The minimum Gasteiger partial charge on any atom is -0.476 e. The Kier molecular flexibility index (Phi) is 3.34. The predicted octanol–water partition coefficient (Wildman–Crippen LogP) is 1.89. The molecule has 0 saturated heterocycles. The predicted molar refractivity (Wildman–Crippen MR) is 75.7 cm³/mol. The van der Waals surface area contributed by atoms with Crippen LogP contribution in [0.2, 0.25) is 5.02 Å². The number of imidazole rings is 1. The molecule has 3 aromatic heterocycles. The second kappa shape index (κ2) is 5.17. The number of carbonyl (C=O) groups is 1. The van der Waals surface area contributed by atoms with E-state index in [2.05, 4.69) is 15.3 Å². The van der Waals surface area contributed by atoms with Crippen molar-refractivity contribution in [2.24, 2.45) is 0 Å². The highest BCUT2D eigenvalue weighted by Gasteiger charge is 2.18. The highest BCUT2D eigenvalue weighted by atomic mass is 35.5. The summed E-state index contributed by atoms with van der Waals surface area (Å²) in [6.07, 6.45) is 4.13. The lowest BCUT2D eigenvalue weighted by Gasteiger charge is -2.02. The van der Waals surface area contributed by atoms with E-state index in [1.165, 1.54) is 0 Å². The molecule has 0 bridgehead atoms. The van der Waals surface area contributed by atoms with Gasteiger partial charge in [-0.05, 0) is 18.6 Å². The Hall–Kier alpha value is -2.41. The number of rotatable bonds is 4. The number of aromatic nitrogens is 5. The van der Waals surface area contributed by atoms with E-state index >= 15 is 0 Å². The Bertz CT molecular complexity index is 823. The molecular formula is C13H12ClN5O2. The minimum atomic E-state index is -1.07. The zero-order chi connectivity index (χ0) is 15.0. The highest BCUT2D eigenvalue weighted by molar-refractivity contribution is 6.30. The lowest BCUT2D eigenvalue weighted by molar-refractivity contribution is 0.0689. The van der Waals surface area contributed by atoms with E-state index in [0.717, 1.165) is 11.3 Å². The number of carboxylic acid groups (broad SMARTS) is 1. The number of nitrogens with zero attached hydrogens (tertiary/aromatic N) is 5. The summed E-state index contributed by atoms with van der Waals surface area (Å²) >= 11 is 5.93. The third-order valence-electron chi connectivity index (χ3n) is 3.15. The van der Waals surface area contributed by atoms with Gasteiger partial charge in [0, 0.05) is 12.4 Å². The fraction of sp³-hybridized carbons (Fsp3) is 0.231. The molecule has 0 aromatic carbocycles. The Morgan fingerprint density at radius 3 is 2.90 bits per heavy atom. The molecule has 7 nitrogen and oxygen atoms in total. The molecule has 3 rings (SSSR count). The van der Waals surface area contributed by atoms with E-state index in [4.69, 9.17) is 16.7 Å². The van der Waals surface area contributed by atoms with Crippen LogP contribution in [-0.4, -0.2) is 35.5 Å². The summed E-state index contributed by atoms with van der Waals surface area (Å²) in [6, 6.07) is 3.58. The van der Waals surface area contributed by atoms with Crippen molar-refractivity contribution in [3.63, 3.8) is 0 Å². The lowest BCUT2D eigenvalue weighted by Crippen LogP contribution is -2.08. The summed E-state index contributed by atoms with van der Waals surface area (Å²) in [4.78, 5) is 15.5. The Labute approximate surface area is 124 Å². The standard InChI is InChI=1S/C13H12ClN5O2/c1-2-10-12(13(20)21)16-17-19(10)7-9-6-18-5-8(14)3-4-11(18)15-9/h3-6H,2,7H2,1H3,(H,20,21). The third kappa shape index (κ3) is 2.47. The van der Waals surface area contributed by atoms with Gasteiger partial charge in [-0.1, -0.05) is 23.7 Å². The van der Waals surface area contributed by atoms with Crippen molar-refractivity contribution in [1.29, 1.82) is 0 Å². The number of hydrogen-bond donors (Lipinski definition) is 1. The summed E-state index contributed by atoms with van der Waals surface area (Å²) in [5.41, 5.74) is 2.10. The molecule has 0 saturated carbocycles. The van der Waals surface area contributed by atoms with Crippen LogP contribution >= 0.6 is 11.6 Å². The van der Waals surface area contributed by atoms with Gasteiger partial charge in [0.05, 0.1) is 23.0 Å². The molecule has 0 aliphatic rings. The maximum atomic E-state index is 11.1. The summed E-state index contributed by atoms with van der Waals surface area (Å²) in [6.45, 7) is 2.23. The van der Waals surface area contributed by atoms with Gasteiger partial charge in [0.1, 0.15) is 5.65 Å². The molecule has 3 heterocycles. The van der Waals surface area contributed by atoms with Crippen LogP contribution in [0.15, 0.2) is 24.5 Å². The van der Waals surface area contributed by atoms with Crippen LogP contribution < -0.4 is 0 Å². The Morgan fingerprint density at radius 2 is 2.19 bits per heavy atom. The van der Waals surface area contributed by atoms with Crippen LogP contribution in [0.1, 0.15) is 28.8 Å². The summed E-state index contributed by atoms with van der Waals surface area (Å²) in [5, 5.41) is 17.3. The van der Waals surface area contributed by atoms with E-state index in [9.17, 15) is 4.79 Å². The van der Waals surface area contributed by atoms with Gasteiger partial charge in [-0.25, -0.2) is 14.5 Å². The molecule has 0 unspecified atom stereocenters. The quantitative estimate of drug-likeness (QED) is 0.795. The van der Waals surface area contributed by atoms with Crippen molar-refractivity contribution in [3.05, 3.63) is 46.6 Å². The Morgan fingerprint density at radius 1 is 1.38 bits per heavy atom. The topological polar surface area (TPSA) is 85.3 Å². The molecule has 3 aromatic rings. The van der Waals surface area contributed by atoms with Gasteiger partial charge < -0.3 is 9.51 Å². The van der Waals surface area contributed by atoms with Crippen molar-refractivity contribution < 1.29 is 9.90 Å². The van der Waals surface area contributed by atoms with Crippen LogP contribution in [-0.2, 0) is 13.0 Å². The SMILES string of the molecule is CCc1c(C(=O)O)nnn1Cc1cn2cc(Cl)ccc2n1. The fourth-order valence-electron chi connectivity index (χ4n) is 2.22. The van der Waals surface area contributed by atoms with Crippen LogP contribution in [0.25, 0.3) is 5.65 Å². The van der Waals surface area contributed by atoms with E-state index < -0.39 is 5.97 Å². The number of halogens is 1. The molecule has 0 atom stereocenters. The molecule has 1 N–H and O–H groups in total. The molecule has 108 valence electrons. The van der Waals surface area contributed by atoms with Gasteiger partial charge in [-0.15, -0.1) is 5.10 Å². The smallest absolute Gasteiger partial charge is 0.358 e. The highest BCUT2D eigenvalue weighted by Crippen LogP contribution is 2.14. The molecule has 8 heteroatoms. The zero-order valence-electron chi connectivity index (χ0n) is 11.2. The van der Waals surface area contributed by atoms with E-state index in [0.29, 0.717) is 23.7 Å². The molecule has 0 aliphatic carbocycles. The van der Waals surface area contributed by atoms with Crippen molar-refractivity contribution in [1.82, 2.24) is 24.4 Å². The number of pyridine rings is 1. The second-order valence-electron chi connectivity index (χ2n) is 4.55. The van der Waals surface area contributed by atoms with Crippen molar-refractivity contribution in [2.75, 3.05) is 0 Å². The van der Waals surface area contributed by atoms with Crippen LogP contribution in [0, 0.1) is 0 Å². The molecule has 0 amide bonds. The van der Waals surface area contributed by atoms with Crippen LogP contribution in [0.3, 0.4) is 0 Å². The largest absolute Gasteiger partial charge is 0.476 e. The molecular weight excluding hydrogens is 294 g/mol. The van der Waals surface area contributed by atoms with Gasteiger partial charge in [0.2, 0.25) is 0 Å². The average Bonchev–Trinajstić information content (AvgIpc) is 3.01. The first-order chi connectivity index (χ1) is 10.1. The van der Waals surface area contributed by atoms with Crippen LogP contribution in [0.5, 0.6) is 0 Å². The van der Waals surface area contributed by atoms with Gasteiger partial charge in [0.15, 0.2) is 5.69 Å². The molecule has 21 heavy (non-hydrogen) atoms. The normalized spacial score (nSPS) is 11.1. The molecule has 0 radical (unpaired) electrons. The summed E-state index contributed by atoms with van der Waals surface area (Å²) < 4.78 is 3.38. The van der Waals surface area contributed by atoms with E-state index in [1.54, 1.807) is 16.9 Å². The summed E-state index contributed by atoms with van der Waals surface area (Å²) in [5.74, 6) is -1.07. The summed E-state index contributed by atoms with van der Waals surface area (Å²) in [7, 11) is 0. The first kappa shape index (κ1) is 13.6. The first-order valence-electron chi connectivity index (χ1n) is 6.37. The maximum absolute atomic E-state index is 11.1. The minimum absolute atomic E-state index is 0.00990. The van der Waals surface area contributed by atoms with Crippen LogP contribution in [0.4, 0.5) is 0 Å². The monoisotopic (exact) mass is 305 g/mol. The number of carboxylic acids is 1. The molecule has 0 aliphatic heterocycles. The van der Waals surface area contributed by atoms with Gasteiger partial charge in [0.25, 0.3) is 0 Å². The first-order valence-corrected chi connectivity index (χ1v) is 6.75. The lowest BCUT2D eigenvalue weighted by atomic mass is 10.2. The van der Waals surface area contributed by atoms with Gasteiger partial charge in [-0.3, -0.25) is 0 Å². The zero-order valence-corrected chi connectivity index (χ0v) is 11.9. The second-order valence-corrected chi connectivity index (χ2v) is 4.98. The number of fused-ring (bicyclic) bond motifs is 1. The van der Waals surface area contributed by atoms with Crippen molar-refractivity contribution in [2.45, 2.75) is 19.9 Å². The number of aromatic carboxylic acids is 1. The van der Waals surface area contributed by atoms with Crippen molar-refractivity contribution in [3.8, 4) is 0 Å². The fourth-order valence-corrected chi connectivity index (χ4v) is 2.39. The number of hydrogen-bond acceptors (Lipinski definition) is 4. The van der Waals surface area contributed by atoms with Gasteiger partial charge >= 0.3 is 5.97 Å². The third-order valence-corrected chi connectivity index (χ3v) is 3.38.